The number of aliphatic hydroxyl groups is 10. The summed E-state index contributed by atoms with van der Waals surface area (Å²) in [7, 11) is 0. The third-order valence-corrected chi connectivity index (χ3v) is 7.87. The van der Waals surface area contributed by atoms with E-state index in [-0.39, 0.29) is 0 Å². The Balaban J connectivity index is 1.93. The maximum Gasteiger partial charge on any atom is 0.364 e. The third kappa shape index (κ3) is 8.26. The fourth-order valence-electron chi connectivity index (χ4n) is 5.46. The van der Waals surface area contributed by atoms with E-state index >= 15 is 0 Å². The van der Waals surface area contributed by atoms with E-state index in [0.29, 0.717) is 0 Å². The van der Waals surface area contributed by atoms with Crippen LogP contribution in [-0.2, 0) is 38.1 Å². The minimum Gasteiger partial charge on any atom is -0.477 e. The van der Waals surface area contributed by atoms with Crippen LogP contribution in [0.4, 0.5) is 0 Å². The molecule has 16 unspecified atom stereocenters. The molecule has 3 fully saturated rings. The highest BCUT2D eigenvalue weighted by atomic mass is 16.7. The van der Waals surface area contributed by atoms with Crippen LogP contribution in [0.3, 0.4) is 0 Å². The molecule has 0 saturated carbocycles. The second-order valence-corrected chi connectivity index (χ2v) is 11.3. The number of aliphatic hydroxyl groups excluding tert-OH is 10. The number of aliphatic carboxylic acids is 1. The van der Waals surface area contributed by atoms with E-state index in [1.165, 1.54) is 0 Å². The number of nitrogens with one attached hydrogen (secondary N) is 2. The van der Waals surface area contributed by atoms with Crippen LogP contribution in [0.25, 0.3) is 0 Å². The Morgan fingerprint density at radius 1 is 0.870 bits per heavy atom. The van der Waals surface area contributed by atoms with E-state index in [9.17, 15) is 70.6 Å². The molecule has 0 aromatic heterocycles. The third-order valence-electron chi connectivity index (χ3n) is 7.87. The SMILES string of the molecule is CC(=O)NC1C(O)OC(COC2(C(=O)O)CC(O)C(NC(C)=O)C(C(O)C(O)CO)O2)C(OC2OC(CO)C(O)C(O)C2O)C1O. The van der Waals surface area contributed by atoms with E-state index in [0.717, 1.165) is 13.8 Å². The highest BCUT2D eigenvalue weighted by Gasteiger charge is 2.57. The van der Waals surface area contributed by atoms with Gasteiger partial charge in [0.1, 0.15) is 67.1 Å². The van der Waals surface area contributed by atoms with Crippen molar-refractivity contribution in [3.8, 4) is 0 Å². The van der Waals surface area contributed by atoms with Crippen LogP contribution in [0.1, 0.15) is 20.3 Å². The van der Waals surface area contributed by atoms with Crippen LogP contribution in [0.5, 0.6) is 0 Å². The van der Waals surface area contributed by atoms with Crippen molar-refractivity contribution in [1.82, 2.24) is 10.6 Å². The predicted octanol–water partition coefficient (Wildman–Crippen LogP) is -8.08. The Morgan fingerprint density at radius 3 is 2.02 bits per heavy atom. The Kier molecular flexibility index (Phi) is 13.1. The number of carboxylic acids is 1. The summed E-state index contributed by atoms with van der Waals surface area (Å²) in [6.07, 6.45) is -25.0. The van der Waals surface area contributed by atoms with Gasteiger partial charge in [-0.1, -0.05) is 0 Å². The standard InChI is InChI=1S/C25H42N2O19/c1-7(30)26-13-9(32)3-25(24(40)41,46-21(13)15(34)10(33)4-28)42-6-12-20(17(36)14(22(39)43-12)27-8(2)31)45-23-19(38)18(37)16(35)11(5-29)44-23/h9-23,28-29,32-39H,3-6H2,1-2H3,(H,26,30)(H,27,31)(H,40,41). The number of rotatable bonds is 12. The molecule has 0 aromatic rings. The van der Waals surface area contributed by atoms with Crippen molar-refractivity contribution >= 4 is 17.8 Å². The van der Waals surface area contributed by atoms with Crippen molar-refractivity contribution in [1.29, 1.82) is 0 Å². The van der Waals surface area contributed by atoms with Crippen molar-refractivity contribution in [2.75, 3.05) is 19.8 Å². The predicted molar refractivity (Wildman–Crippen MR) is 142 cm³/mol. The Bertz CT molecular complexity index is 1050. The molecule has 266 valence electrons. The molecular weight excluding hydrogens is 632 g/mol. The monoisotopic (exact) mass is 674 g/mol. The van der Waals surface area contributed by atoms with E-state index in [1.807, 2.05) is 0 Å². The number of carbonyl (C=O) groups excluding carboxylic acids is 2. The van der Waals surface area contributed by atoms with Gasteiger partial charge < -0.3 is 90.5 Å². The minimum absolute atomic E-state index is 0.729. The molecule has 0 spiro atoms. The van der Waals surface area contributed by atoms with Crippen LogP contribution in [0.15, 0.2) is 0 Å². The zero-order valence-electron chi connectivity index (χ0n) is 24.7. The lowest BCUT2D eigenvalue weighted by Gasteiger charge is -2.48. The summed E-state index contributed by atoms with van der Waals surface area (Å²) in [6, 6.07) is -3.08. The number of hydrogen-bond donors (Lipinski definition) is 13. The lowest BCUT2D eigenvalue weighted by molar-refractivity contribution is -0.357. The molecule has 2 amide bonds. The molecule has 0 bridgehead atoms. The fourth-order valence-corrected chi connectivity index (χ4v) is 5.46. The molecule has 3 saturated heterocycles. The second kappa shape index (κ2) is 15.8. The van der Waals surface area contributed by atoms with E-state index in [1.54, 1.807) is 0 Å². The molecule has 16 atom stereocenters. The van der Waals surface area contributed by atoms with Gasteiger partial charge in [-0.2, -0.15) is 0 Å². The molecule has 46 heavy (non-hydrogen) atoms. The highest BCUT2D eigenvalue weighted by Crippen LogP contribution is 2.35. The maximum atomic E-state index is 12.5. The van der Waals surface area contributed by atoms with Crippen LogP contribution < -0.4 is 10.6 Å². The lowest BCUT2D eigenvalue weighted by atomic mass is 9.88. The van der Waals surface area contributed by atoms with E-state index < -0.39 is 142 Å². The Labute approximate surface area is 260 Å². The summed E-state index contributed by atoms with van der Waals surface area (Å²) in [6.45, 7) is -0.736. The molecule has 3 aliphatic heterocycles. The van der Waals surface area contributed by atoms with Crippen molar-refractivity contribution in [2.24, 2.45) is 0 Å². The molecule has 3 heterocycles. The average molecular weight is 675 g/mol. The zero-order chi connectivity index (χ0) is 34.7. The summed E-state index contributed by atoms with van der Waals surface area (Å²) in [5, 5.41) is 117. The second-order valence-electron chi connectivity index (χ2n) is 11.3. The summed E-state index contributed by atoms with van der Waals surface area (Å²) in [5.74, 6) is -6.21. The molecule has 21 heteroatoms. The molecule has 3 aliphatic rings. The zero-order valence-corrected chi connectivity index (χ0v) is 24.7. The average Bonchev–Trinajstić information content (AvgIpc) is 2.99. The van der Waals surface area contributed by atoms with Gasteiger partial charge >= 0.3 is 5.97 Å². The summed E-state index contributed by atoms with van der Waals surface area (Å²) in [5.41, 5.74) is 0. The fraction of sp³-hybridized carbons (Fsp3) is 0.880. The molecule has 0 aromatic carbocycles. The maximum absolute atomic E-state index is 12.5. The molecule has 3 rings (SSSR count). The van der Waals surface area contributed by atoms with Gasteiger partial charge in [0, 0.05) is 20.3 Å². The number of amides is 2. The van der Waals surface area contributed by atoms with Crippen LogP contribution in [0, 0.1) is 0 Å². The number of carbonyl (C=O) groups is 3. The van der Waals surface area contributed by atoms with Crippen molar-refractivity contribution < 1.29 is 94.2 Å². The highest BCUT2D eigenvalue weighted by molar-refractivity contribution is 5.76. The van der Waals surface area contributed by atoms with Gasteiger partial charge in [-0.05, 0) is 0 Å². The first kappa shape index (κ1) is 38.3. The molecular formula is C25H42N2O19. The number of hydrogen-bond acceptors (Lipinski definition) is 18. The molecule has 0 radical (unpaired) electrons. The summed E-state index contributed by atoms with van der Waals surface area (Å²) >= 11 is 0. The molecule has 13 N–H and O–H groups in total. The van der Waals surface area contributed by atoms with Gasteiger partial charge in [0.15, 0.2) is 12.6 Å². The molecule has 21 nitrogen and oxygen atoms in total. The number of carboxylic acid groups (broad SMARTS) is 1. The lowest BCUT2D eigenvalue weighted by Crippen LogP contribution is -2.69. The summed E-state index contributed by atoms with van der Waals surface area (Å²) in [4.78, 5) is 36.0. The summed E-state index contributed by atoms with van der Waals surface area (Å²) < 4.78 is 27.5. The van der Waals surface area contributed by atoms with Gasteiger partial charge in [-0.3, -0.25) is 9.59 Å². The smallest absolute Gasteiger partial charge is 0.364 e. The Hall–Kier alpha value is -2.19. The van der Waals surface area contributed by atoms with Gasteiger partial charge in [0.25, 0.3) is 5.79 Å². The normalized spacial score (nSPS) is 42.9. The first-order valence-corrected chi connectivity index (χ1v) is 14.2. The van der Waals surface area contributed by atoms with E-state index in [2.05, 4.69) is 10.6 Å². The van der Waals surface area contributed by atoms with Crippen LogP contribution in [-0.4, -0.2) is 191 Å². The topological polar surface area (TPSA) is 344 Å². The quantitative estimate of drug-likeness (QED) is 0.0913. The minimum atomic E-state index is -2.86. The van der Waals surface area contributed by atoms with Gasteiger partial charge in [-0.15, -0.1) is 0 Å². The van der Waals surface area contributed by atoms with Crippen molar-refractivity contribution in [3.05, 3.63) is 0 Å². The van der Waals surface area contributed by atoms with Gasteiger partial charge in [0.2, 0.25) is 11.8 Å². The van der Waals surface area contributed by atoms with Crippen molar-refractivity contribution in [2.45, 2.75) is 118 Å². The van der Waals surface area contributed by atoms with Gasteiger partial charge in [-0.25, -0.2) is 4.79 Å². The van der Waals surface area contributed by atoms with Crippen LogP contribution >= 0.6 is 0 Å². The first-order valence-electron chi connectivity index (χ1n) is 14.2. The van der Waals surface area contributed by atoms with Crippen molar-refractivity contribution in [3.63, 3.8) is 0 Å². The van der Waals surface area contributed by atoms with E-state index in [4.69, 9.17) is 23.7 Å². The van der Waals surface area contributed by atoms with Crippen LogP contribution in [0.2, 0.25) is 0 Å². The molecule has 0 aliphatic carbocycles. The largest absolute Gasteiger partial charge is 0.477 e. The van der Waals surface area contributed by atoms with Gasteiger partial charge in [0.05, 0.1) is 32.0 Å². The number of ether oxygens (including phenoxy) is 5. The Morgan fingerprint density at radius 2 is 1.48 bits per heavy atom. The first-order chi connectivity index (χ1) is 21.5.